The zero-order valence-corrected chi connectivity index (χ0v) is 20.1. The molecule has 1 fully saturated rings. The van der Waals surface area contributed by atoms with Crippen LogP contribution in [0.5, 0.6) is 0 Å². The Labute approximate surface area is 214 Å². The van der Waals surface area contributed by atoms with Crippen LogP contribution >= 0.6 is 0 Å². The van der Waals surface area contributed by atoms with Gasteiger partial charge in [0.15, 0.2) is 5.82 Å². The van der Waals surface area contributed by atoms with E-state index in [0.29, 0.717) is 30.7 Å². The van der Waals surface area contributed by atoms with E-state index in [4.69, 9.17) is 0 Å². The number of carbonyl (C=O) groups is 1. The molecule has 2 heterocycles. The van der Waals surface area contributed by atoms with Gasteiger partial charge in [-0.25, -0.2) is 13.6 Å². The molecule has 6 nitrogen and oxygen atoms in total. The van der Waals surface area contributed by atoms with Crippen molar-refractivity contribution in [2.45, 2.75) is 19.1 Å². The number of benzene rings is 3. The number of hydrogen-bond donors (Lipinski definition) is 1. The first-order chi connectivity index (χ1) is 18.1. The lowest BCUT2D eigenvalue weighted by Gasteiger charge is -2.40. The molecule has 1 aromatic heterocycles. The third-order valence-corrected chi connectivity index (χ3v) is 6.51. The van der Waals surface area contributed by atoms with Gasteiger partial charge in [0.25, 0.3) is 0 Å². The van der Waals surface area contributed by atoms with Crippen molar-refractivity contribution in [2.24, 2.45) is 0 Å². The molecule has 1 N–H and O–H groups in total. The van der Waals surface area contributed by atoms with Gasteiger partial charge in [0.05, 0.1) is 11.3 Å². The van der Waals surface area contributed by atoms with Crippen LogP contribution in [-0.4, -0.2) is 46.8 Å². The van der Waals surface area contributed by atoms with E-state index in [9.17, 15) is 26.7 Å². The first-order valence-corrected chi connectivity index (χ1v) is 11.8. The zero-order chi connectivity index (χ0) is 27.0. The second-order valence-corrected chi connectivity index (χ2v) is 9.04. The highest BCUT2D eigenvalue weighted by Gasteiger charge is 2.32. The van der Waals surface area contributed by atoms with E-state index in [1.54, 1.807) is 12.1 Å². The molecular weight excluding hydrogens is 505 g/mol. The molecule has 0 spiro atoms. The van der Waals surface area contributed by atoms with Crippen LogP contribution in [0.3, 0.4) is 0 Å². The monoisotopic (exact) mass is 527 g/mol. The SMILES string of the molecule is CC1CN(c2nnc(-c3ccc(F)cc3)c3ccccc23)CCN1C(=O)Nc1ccc(C(F)(F)F)cc1F. The maximum atomic E-state index is 14.2. The molecule has 5 rings (SSSR count). The summed E-state index contributed by atoms with van der Waals surface area (Å²) in [6, 6.07) is 14.7. The smallest absolute Gasteiger partial charge is 0.351 e. The molecule has 0 saturated carbocycles. The topological polar surface area (TPSA) is 61.4 Å². The van der Waals surface area contributed by atoms with Crippen molar-refractivity contribution < 1.29 is 26.7 Å². The molecule has 196 valence electrons. The first-order valence-electron chi connectivity index (χ1n) is 11.8. The molecule has 11 heteroatoms. The number of alkyl halides is 3. The number of piperazine rings is 1. The fourth-order valence-corrected chi connectivity index (χ4v) is 4.58. The number of nitrogens with one attached hydrogen (secondary N) is 1. The second kappa shape index (κ2) is 9.88. The number of amides is 2. The van der Waals surface area contributed by atoms with Crippen molar-refractivity contribution >= 4 is 28.3 Å². The average Bonchev–Trinajstić information content (AvgIpc) is 2.89. The molecule has 0 aliphatic carbocycles. The van der Waals surface area contributed by atoms with Crippen molar-refractivity contribution in [3.8, 4) is 11.3 Å². The predicted molar refractivity (Wildman–Crippen MR) is 134 cm³/mol. The Kier molecular flexibility index (Phi) is 6.60. The quantitative estimate of drug-likeness (QED) is 0.316. The lowest BCUT2D eigenvalue weighted by atomic mass is 10.0. The van der Waals surface area contributed by atoms with E-state index in [1.165, 1.54) is 17.0 Å². The standard InChI is InChI=1S/C27H22F5N5O/c1-16-15-36(12-13-37(16)26(38)33-23-11-8-18(14-22(23)29)27(30,31)32)25-21-5-3-2-4-20(21)24(34-35-25)17-6-9-19(28)10-7-17/h2-11,14,16H,12-13,15H2,1H3,(H,33,38). The van der Waals surface area contributed by atoms with E-state index in [1.807, 2.05) is 36.1 Å². The van der Waals surface area contributed by atoms with Gasteiger partial charge in [-0.3, -0.25) is 0 Å². The normalized spacial score (nSPS) is 16.1. The molecule has 3 aromatic carbocycles. The molecular formula is C27H22F5N5O. The minimum Gasteiger partial charge on any atom is -0.351 e. The number of nitrogens with zero attached hydrogens (tertiary/aromatic N) is 4. The number of halogens is 5. The van der Waals surface area contributed by atoms with Crippen LogP contribution in [0.15, 0.2) is 66.7 Å². The molecule has 1 aliphatic heterocycles. The van der Waals surface area contributed by atoms with Crippen molar-refractivity contribution in [1.82, 2.24) is 15.1 Å². The number of hydrogen-bond acceptors (Lipinski definition) is 4. The maximum Gasteiger partial charge on any atom is 0.416 e. The van der Waals surface area contributed by atoms with Crippen LogP contribution in [0.1, 0.15) is 12.5 Å². The number of fused-ring (bicyclic) bond motifs is 1. The number of rotatable bonds is 3. The van der Waals surface area contributed by atoms with Gasteiger partial charge < -0.3 is 15.1 Å². The Morgan fingerprint density at radius 2 is 1.66 bits per heavy atom. The number of aromatic nitrogens is 2. The van der Waals surface area contributed by atoms with E-state index >= 15 is 0 Å². The van der Waals surface area contributed by atoms with Crippen LogP contribution in [0.2, 0.25) is 0 Å². The molecule has 0 radical (unpaired) electrons. The summed E-state index contributed by atoms with van der Waals surface area (Å²) in [6.07, 6.45) is -4.68. The van der Waals surface area contributed by atoms with Crippen molar-refractivity contribution in [1.29, 1.82) is 0 Å². The third-order valence-electron chi connectivity index (χ3n) is 6.51. The zero-order valence-electron chi connectivity index (χ0n) is 20.1. The van der Waals surface area contributed by atoms with Gasteiger partial charge in [0, 0.05) is 42.0 Å². The summed E-state index contributed by atoms with van der Waals surface area (Å²) in [5.74, 6) is -0.880. The highest BCUT2D eigenvalue weighted by molar-refractivity contribution is 6.00. The fraction of sp³-hybridized carbons (Fsp3) is 0.222. The third kappa shape index (κ3) is 4.96. The highest BCUT2D eigenvalue weighted by atomic mass is 19.4. The highest BCUT2D eigenvalue weighted by Crippen LogP contribution is 2.33. The molecule has 0 bridgehead atoms. The predicted octanol–water partition coefficient (Wildman–Crippen LogP) is 6.34. The first kappa shape index (κ1) is 25.4. The fourth-order valence-electron chi connectivity index (χ4n) is 4.58. The van der Waals surface area contributed by atoms with Gasteiger partial charge in [-0.15, -0.1) is 10.2 Å². The lowest BCUT2D eigenvalue weighted by molar-refractivity contribution is -0.137. The van der Waals surface area contributed by atoms with Crippen molar-refractivity contribution in [2.75, 3.05) is 29.9 Å². The maximum absolute atomic E-state index is 14.2. The second-order valence-electron chi connectivity index (χ2n) is 9.04. The molecule has 38 heavy (non-hydrogen) atoms. The van der Waals surface area contributed by atoms with E-state index in [-0.39, 0.29) is 24.1 Å². The van der Waals surface area contributed by atoms with E-state index in [2.05, 4.69) is 15.5 Å². The van der Waals surface area contributed by atoms with Gasteiger partial charge in [0.2, 0.25) is 0 Å². The Morgan fingerprint density at radius 3 is 2.32 bits per heavy atom. The Hall–Kier alpha value is -4.28. The molecule has 2 amide bonds. The summed E-state index contributed by atoms with van der Waals surface area (Å²) in [5.41, 5.74) is -0.111. The van der Waals surface area contributed by atoms with Crippen LogP contribution < -0.4 is 10.2 Å². The van der Waals surface area contributed by atoms with Crippen molar-refractivity contribution in [3.05, 3.63) is 83.9 Å². The summed E-state index contributed by atoms with van der Waals surface area (Å²) in [6.45, 7) is 2.89. The average molecular weight is 527 g/mol. The van der Waals surface area contributed by atoms with Crippen LogP contribution in [0.4, 0.5) is 38.3 Å². The Balaban J connectivity index is 1.34. The van der Waals surface area contributed by atoms with Crippen LogP contribution in [-0.2, 0) is 6.18 Å². The Morgan fingerprint density at radius 1 is 0.947 bits per heavy atom. The van der Waals surface area contributed by atoms with Gasteiger partial charge in [-0.1, -0.05) is 24.3 Å². The molecule has 1 unspecified atom stereocenters. The molecule has 1 atom stereocenters. The summed E-state index contributed by atoms with van der Waals surface area (Å²) >= 11 is 0. The van der Waals surface area contributed by atoms with E-state index in [0.717, 1.165) is 28.5 Å². The van der Waals surface area contributed by atoms with E-state index < -0.39 is 23.6 Å². The van der Waals surface area contributed by atoms with Gasteiger partial charge in [0.1, 0.15) is 17.3 Å². The number of urea groups is 1. The van der Waals surface area contributed by atoms with Crippen molar-refractivity contribution in [3.63, 3.8) is 0 Å². The summed E-state index contributed by atoms with van der Waals surface area (Å²) in [7, 11) is 0. The van der Waals surface area contributed by atoms with Crippen LogP contribution in [0, 0.1) is 11.6 Å². The minimum absolute atomic E-state index is 0.269. The van der Waals surface area contributed by atoms with Gasteiger partial charge in [-0.2, -0.15) is 13.2 Å². The molecule has 1 aliphatic rings. The lowest BCUT2D eigenvalue weighted by Crippen LogP contribution is -2.55. The number of anilines is 2. The Bertz CT molecular complexity index is 1490. The minimum atomic E-state index is -4.68. The van der Waals surface area contributed by atoms with Gasteiger partial charge >= 0.3 is 12.2 Å². The molecule has 1 saturated heterocycles. The van der Waals surface area contributed by atoms with Crippen LogP contribution in [0.25, 0.3) is 22.0 Å². The molecule has 4 aromatic rings. The summed E-state index contributed by atoms with van der Waals surface area (Å²) in [5, 5.41) is 12.9. The van der Waals surface area contributed by atoms with Gasteiger partial charge in [-0.05, 0) is 49.4 Å². The summed E-state index contributed by atoms with van der Waals surface area (Å²) < 4.78 is 66.1. The summed E-state index contributed by atoms with van der Waals surface area (Å²) in [4.78, 5) is 16.3. The number of carbonyl (C=O) groups excluding carboxylic acids is 1. The largest absolute Gasteiger partial charge is 0.416 e.